The van der Waals surface area contributed by atoms with E-state index >= 15 is 0 Å². The zero-order chi connectivity index (χ0) is 20.4. The molecule has 1 N–H and O–H groups in total. The third kappa shape index (κ3) is 4.07. The minimum atomic E-state index is -0.635. The van der Waals surface area contributed by atoms with Crippen molar-refractivity contribution in [3.63, 3.8) is 0 Å². The summed E-state index contributed by atoms with van der Waals surface area (Å²) in [6.45, 7) is 9.51. The van der Waals surface area contributed by atoms with Crippen molar-refractivity contribution in [1.82, 2.24) is 9.97 Å². The first-order chi connectivity index (χ1) is 13.3. The first-order valence-electron chi connectivity index (χ1n) is 9.40. The molecular weight excluding hydrogens is 394 g/mol. The second-order valence-corrected chi connectivity index (χ2v) is 9.15. The molecule has 0 aliphatic carbocycles. The minimum Gasteiger partial charge on any atom is -0.462 e. The quantitative estimate of drug-likeness (QED) is 0.425. The van der Waals surface area contributed by atoms with Gasteiger partial charge in [-0.2, -0.15) is 0 Å². The van der Waals surface area contributed by atoms with E-state index in [0.29, 0.717) is 22.2 Å². The van der Waals surface area contributed by atoms with Crippen LogP contribution in [0.1, 0.15) is 56.0 Å². The highest BCUT2D eigenvalue weighted by molar-refractivity contribution is 7.99. The number of rotatable bonds is 6. The molecule has 0 saturated carbocycles. The van der Waals surface area contributed by atoms with Crippen molar-refractivity contribution in [2.75, 3.05) is 5.75 Å². The lowest BCUT2D eigenvalue weighted by Crippen LogP contribution is -2.37. The largest absolute Gasteiger partial charge is 0.462 e. The summed E-state index contributed by atoms with van der Waals surface area (Å²) < 4.78 is 5.51. The number of hydrogen-bond acceptors (Lipinski definition) is 7. The van der Waals surface area contributed by atoms with Gasteiger partial charge in [-0.25, -0.2) is 9.98 Å². The average molecular weight is 420 g/mol. The fourth-order valence-electron chi connectivity index (χ4n) is 3.33. The van der Waals surface area contributed by atoms with E-state index in [-0.39, 0.29) is 17.6 Å². The van der Waals surface area contributed by atoms with Gasteiger partial charge in [0, 0.05) is 22.3 Å². The number of H-pyrrole nitrogens is 1. The Balaban J connectivity index is 2.17. The number of hydrogen-bond donors (Lipinski definition) is 1. The molecule has 28 heavy (non-hydrogen) atoms. The summed E-state index contributed by atoms with van der Waals surface area (Å²) in [5.74, 6) is -0.166. The maximum Gasteiger partial charge on any atom is 0.315 e. The molecule has 1 aliphatic heterocycles. The van der Waals surface area contributed by atoms with Crippen LogP contribution < -0.4 is 5.56 Å². The number of esters is 1. The molecule has 0 amide bonds. The van der Waals surface area contributed by atoms with Crippen LogP contribution in [-0.4, -0.2) is 33.5 Å². The normalized spacial score (nSPS) is 18.7. The Labute approximate surface area is 172 Å². The molecule has 150 valence electrons. The van der Waals surface area contributed by atoms with Gasteiger partial charge in [0.2, 0.25) is 0 Å². The third-order valence-electron chi connectivity index (χ3n) is 4.52. The van der Waals surface area contributed by atoms with E-state index in [0.717, 1.165) is 22.6 Å². The third-order valence-corrected chi connectivity index (χ3v) is 6.70. The van der Waals surface area contributed by atoms with E-state index < -0.39 is 11.8 Å². The molecule has 2 atom stereocenters. The molecule has 0 radical (unpaired) electrons. The Morgan fingerprint density at radius 3 is 2.75 bits per heavy atom. The van der Waals surface area contributed by atoms with Gasteiger partial charge in [-0.3, -0.25) is 9.59 Å². The molecule has 8 heteroatoms. The smallest absolute Gasteiger partial charge is 0.315 e. The first-order valence-corrected chi connectivity index (χ1v) is 11.3. The molecule has 0 saturated heterocycles. The first kappa shape index (κ1) is 20.8. The molecule has 0 aromatic carbocycles. The summed E-state index contributed by atoms with van der Waals surface area (Å²) in [5, 5.41) is 2.54. The van der Waals surface area contributed by atoms with Gasteiger partial charge in [-0.1, -0.05) is 18.7 Å². The van der Waals surface area contributed by atoms with Crippen LogP contribution in [0.2, 0.25) is 0 Å². The Morgan fingerprint density at radius 2 is 2.14 bits per heavy atom. The van der Waals surface area contributed by atoms with Crippen LogP contribution in [0.25, 0.3) is 0 Å². The van der Waals surface area contributed by atoms with Crippen molar-refractivity contribution < 1.29 is 9.53 Å². The number of fused-ring (bicyclic) bond motifs is 1. The Hall–Kier alpha value is -1.93. The lowest BCUT2D eigenvalue weighted by Gasteiger charge is -2.30. The van der Waals surface area contributed by atoms with Gasteiger partial charge in [0.25, 0.3) is 5.56 Å². The van der Waals surface area contributed by atoms with Gasteiger partial charge in [0.05, 0.1) is 11.7 Å². The van der Waals surface area contributed by atoms with Crippen LogP contribution in [0.5, 0.6) is 0 Å². The molecule has 6 nitrogen and oxygen atoms in total. The van der Waals surface area contributed by atoms with Gasteiger partial charge >= 0.3 is 5.97 Å². The summed E-state index contributed by atoms with van der Waals surface area (Å²) in [6, 6.07) is 2.00. The molecule has 1 aliphatic rings. The predicted octanol–water partition coefficient (Wildman–Crippen LogP) is 4.45. The Bertz CT molecular complexity index is 962. The number of aromatic nitrogens is 2. The summed E-state index contributed by atoms with van der Waals surface area (Å²) in [7, 11) is 0. The van der Waals surface area contributed by atoms with Crippen LogP contribution in [0.4, 0.5) is 5.82 Å². The van der Waals surface area contributed by atoms with Gasteiger partial charge in [0.1, 0.15) is 5.92 Å². The number of thiophene rings is 1. The lowest BCUT2D eigenvalue weighted by molar-refractivity contribution is -0.150. The van der Waals surface area contributed by atoms with E-state index in [1.165, 1.54) is 23.1 Å². The Morgan fingerprint density at radius 1 is 1.39 bits per heavy atom. The van der Waals surface area contributed by atoms with Crippen molar-refractivity contribution in [3.05, 3.63) is 37.8 Å². The number of nitrogens with zero attached hydrogens (tertiary/aromatic N) is 2. The SMILES string of the molecule is CCCSc1nc2c(c(=O)[nH]1)C(c1sccc1C)C(C(=O)OC(C)C)C(C)=N2. The van der Waals surface area contributed by atoms with Crippen molar-refractivity contribution in [2.24, 2.45) is 10.9 Å². The number of carbonyl (C=O) groups excluding carboxylic acids is 1. The zero-order valence-corrected chi connectivity index (χ0v) is 18.4. The van der Waals surface area contributed by atoms with Crippen LogP contribution >= 0.6 is 23.1 Å². The van der Waals surface area contributed by atoms with Crippen molar-refractivity contribution in [3.8, 4) is 0 Å². The average Bonchev–Trinajstić information content (AvgIpc) is 3.03. The zero-order valence-electron chi connectivity index (χ0n) is 16.7. The van der Waals surface area contributed by atoms with Crippen molar-refractivity contribution >= 4 is 40.6 Å². The fourth-order valence-corrected chi connectivity index (χ4v) is 5.11. The van der Waals surface area contributed by atoms with E-state index in [9.17, 15) is 9.59 Å². The summed E-state index contributed by atoms with van der Waals surface area (Å²) in [6.07, 6.45) is 0.740. The van der Waals surface area contributed by atoms with Crippen molar-refractivity contribution in [1.29, 1.82) is 0 Å². The summed E-state index contributed by atoms with van der Waals surface area (Å²) >= 11 is 3.04. The fraction of sp³-hybridized carbons (Fsp3) is 0.500. The van der Waals surface area contributed by atoms with E-state index in [1.807, 2.05) is 39.1 Å². The maximum absolute atomic E-state index is 13.0. The number of aryl methyl sites for hydroxylation is 1. The molecular formula is C20H25N3O3S2. The molecule has 0 spiro atoms. The topological polar surface area (TPSA) is 84.4 Å². The molecule has 0 fully saturated rings. The highest BCUT2D eigenvalue weighted by Gasteiger charge is 2.42. The molecule has 3 rings (SSSR count). The molecule has 2 unspecified atom stereocenters. The van der Waals surface area contributed by atoms with Crippen LogP contribution in [0.15, 0.2) is 26.4 Å². The lowest BCUT2D eigenvalue weighted by atomic mass is 9.79. The molecule has 2 aromatic rings. The van der Waals surface area contributed by atoms with Gasteiger partial charge in [0.15, 0.2) is 11.0 Å². The summed E-state index contributed by atoms with van der Waals surface area (Å²) in [4.78, 5) is 38.9. The highest BCUT2D eigenvalue weighted by Crippen LogP contribution is 2.43. The van der Waals surface area contributed by atoms with Crippen LogP contribution in [0, 0.1) is 12.8 Å². The highest BCUT2D eigenvalue weighted by atomic mass is 32.2. The van der Waals surface area contributed by atoms with Gasteiger partial charge in [-0.15, -0.1) is 11.3 Å². The minimum absolute atomic E-state index is 0.236. The van der Waals surface area contributed by atoms with E-state index in [1.54, 1.807) is 0 Å². The molecule has 3 heterocycles. The number of carbonyl (C=O) groups is 1. The number of aromatic amines is 1. The standard InChI is InChI=1S/C20H25N3O3S2/c1-6-8-28-20-22-17-15(18(24)23-20)14(16-11(4)7-9-27-16)13(12(5)21-17)19(25)26-10(2)3/h7,9-10,13-14H,6,8H2,1-5H3,(H,22,23,24). The Kier molecular flexibility index (Phi) is 6.40. The predicted molar refractivity (Wildman–Crippen MR) is 114 cm³/mol. The number of thioether (sulfide) groups is 1. The van der Waals surface area contributed by atoms with Gasteiger partial charge < -0.3 is 9.72 Å². The summed E-state index contributed by atoms with van der Waals surface area (Å²) in [5.41, 5.74) is 1.88. The monoisotopic (exact) mass is 419 g/mol. The van der Waals surface area contributed by atoms with E-state index in [2.05, 4.69) is 21.9 Å². The molecule has 0 bridgehead atoms. The maximum atomic E-state index is 13.0. The second kappa shape index (κ2) is 8.61. The number of aliphatic imine (C=N–C) groups is 1. The van der Waals surface area contributed by atoms with Gasteiger partial charge in [-0.05, 0) is 51.1 Å². The van der Waals surface area contributed by atoms with Crippen LogP contribution in [0.3, 0.4) is 0 Å². The molecule has 2 aromatic heterocycles. The number of ether oxygens (including phenoxy) is 1. The van der Waals surface area contributed by atoms with Crippen LogP contribution in [-0.2, 0) is 9.53 Å². The number of nitrogens with one attached hydrogen (secondary N) is 1. The second-order valence-electron chi connectivity index (χ2n) is 7.12. The van der Waals surface area contributed by atoms with E-state index in [4.69, 9.17) is 4.74 Å². The van der Waals surface area contributed by atoms with Crippen molar-refractivity contribution in [2.45, 2.75) is 58.2 Å².